The maximum atomic E-state index is 13.2. The summed E-state index contributed by atoms with van der Waals surface area (Å²) in [5.74, 6) is -0.465. The van der Waals surface area contributed by atoms with Gasteiger partial charge in [0.25, 0.3) is 5.56 Å². The summed E-state index contributed by atoms with van der Waals surface area (Å²) in [7, 11) is 0. The van der Waals surface area contributed by atoms with Gasteiger partial charge in [-0.05, 0) is 37.3 Å². The van der Waals surface area contributed by atoms with Crippen LogP contribution in [0, 0.1) is 6.92 Å². The van der Waals surface area contributed by atoms with Crippen molar-refractivity contribution in [3.63, 3.8) is 0 Å². The molecule has 0 aliphatic heterocycles. The normalized spacial score (nSPS) is 11.7. The fraction of sp³-hybridized carbons (Fsp3) is 0.143. The number of para-hydroxylation sites is 2. The molecule has 4 rings (SSSR count). The molecule has 11 heteroatoms. The molecule has 0 atom stereocenters. The van der Waals surface area contributed by atoms with Gasteiger partial charge in [0.2, 0.25) is 5.91 Å². The zero-order valence-electron chi connectivity index (χ0n) is 16.5. The second-order valence-electron chi connectivity index (χ2n) is 6.97. The van der Waals surface area contributed by atoms with Gasteiger partial charge in [-0.3, -0.25) is 14.2 Å². The summed E-state index contributed by atoms with van der Waals surface area (Å²) in [5, 5.41) is 6.78. The summed E-state index contributed by atoms with van der Waals surface area (Å²) in [4.78, 5) is 29.0. The van der Waals surface area contributed by atoms with Crippen molar-refractivity contribution in [1.29, 1.82) is 0 Å². The van der Waals surface area contributed by atoms with Crippen LogP contribution in [0.1, 0.15) is 11.3 Å². The molecule has 0 bridgehead atoms. The van der Waals surface area contributed by atoms with Gasteiger partial charge in [-0.2, -0.15) is 18.3 Å². The average Bonchev–Trinajstić information content (AvgIpc) is 3.09. The third-order valence-corrected chi connectivity index (χ3v) is 4.97. The highest BCUT2D eigenvalue weighted by Gasteiger charge is 2.31. The molecule has 0 aliphatic carbocycles. The van der Waals surface area contributed by atoms with Crippen LogP contribution in [0.5, 0.6) is 0 Å². The van der Waals surface area contributed by atoms with Crippen LogP contribution < -0.4 is 10.9 Å². The molecule has 2 aromatic carbocycles. The van der Waals surface area contributed by atoms with Gasteiger partial charge in [0.05, 0.1) is 39.2 Å². The fourth-order valence-corrected chi connectivity index (χ4v) is 3.42. The number of halogens is 4. The summed E-state index contributed by atoms with van der Waals surface area (Å²) in [6.45, 7) is 1.29. The summed E-state index contributed by atoms with van der Waals surface area (Å²) >= 11 is 6.12. The predicted octanol–water partition coefficient (Wildman–Crippen LogP) is 4.20. The third-order valence-electron chi connectivity index (χ3n) is 4.66. The van der Waals surface area contributed by atoms with E-state index in [4.69, 9.17) is 11.6 Å². The molecule has 0 unspecified atom stereocenters. The zero-order chi connectivity index (χ0) is 23.0. The first kappa shape index (κ1) is 21.6. The Morgan fingerprint density at radius 1 is 1.16 bits per heavy atom. The molecular formula is C21H15ClF3N5O2. The zero-order valence-corrected chi connectivity index (χ0v) is 17.3. The van der Waals surface area contributed by atoms with Crippen LogP contribution in [-0.4, -0.2) is 25.2 Å². The molecule has 0 radical (unpaired) electrons. The molecule has 0 saturated carbocycles. The van der Waals surface area contributed by atoms with Crippen molar-refractivity contribution in [2.45, 2.75) is 19.6 Å². The smallest absolute Gasteiger partial charge is 0.309 e. The molecule has 1 amide bonds. The van der Waals surface area contributed by atoms with Crippen LogP contribution >= 0.6 is 11.6 Å². The van der Waals surface area contributed by atoms with E-state index in [9.17, 15) is 22.8 Å². The van der Waals surface area contributed by atoms with Crippen molar-refractivity contribution in [2.75, 3.05) is 5.32 Å². The van der Waals surface area contributed by atoms with E-state index in [0.29, 0.717) is 16.7 Å². The number of anilines is 1. The van der Waals surface area contributed by atoms with Crippen LogP contribution in [0.2, 0.25) is 5.02 Å². The number of fused-ring (bicyclic) bond motifs is 1. The van der Waals surface area contributed by atoms with Crippen molar-refractivity contribution < 1.29 is 18.0 Å². The van der Waals surface area contributed by atoms with Crippen LogP contribution in [0.15, 0.2) is 59.5 Å². The van der Waals surface area contributed by atoms with E-state index in [0.717, 1.165) is 29.1 Å². The van der Waals surface area contributed by atoms with Gasteiger partial charge < -0.3 is 5.32 Å². The number of hydrogen-bond donors (Lipinski definition) is 1. The Bertz CT molecular complexity index is 1390. The van der Waals surface area contributed by atoms with E-state index in [2.05, 4.69) is 15.4 Å². The van der Waals surface area contributed by atoms with Gasteiger partial charge in [0.1, 0.15) is 12.4 Å². The molecule has 2 heterocycles. The Morgan fingerprint density at radius 3 is 2.66 bits per heavy atom. The molecular weight excluding hydrogens is 447 g/mol. The highest BCUT2D eigenvalue weighted by Crippen LogP contribution is 2.34. The van der Waals surface area contributed by atoms with E-state index < -0.39 is 23.2 Å². The van der Waals surface area contributed by atoms with Crippen molar-refractivity contribution in [1.82, 2.24) is 19.3 Å². The first-order valence-corrected chi connectivity index (χ1v) is 9.69. The number of aromatic nitrogens is 4. The number of amides is 1. The molecule has 32 heavy (non-hydrogen) atoms. The third kappa shape index (κ3) is 4.22. The van der Waals surface area contributed by atoms with Gasteiger partial charge >= 0.3 is 6.18 Å². The largest absolute Gasteiger partial charge is 0.416 e. The van der Waals surface area contributed by atoms with Crippen molar-refractivity contribution in [3.8, 4) is 5.69 Å². The molecule has 4 aromatic rings. The van der Waals surface area contributed by atoms with Crippen molar-refractivity contribution in [3.05, 3.63) is 81.4 Å². The monoisotopic (exact) mass is 461 g/mol. The minimum atomic E-state index is -4.57. The van der Waals surface area contributed by atoms with E-state index in [1.165, 1.54) is 10.6 Å². The van der Waals surface area contributed by atoms with Crippen molar-refractivity contribution >= 4 is 34.4 Å². The second kappa shape index (κ2) is 8.12. The number of nitrogens with one attached hydrogen (secondary N) is 1. The second-order valence-corrected chi connectivity index (χ2v) is 7.37. The number of aryl methyl sites for hydroxylation is 1. The quantitative estimate of drug-likeness (QED) is 0.494. The molecule has 0 fully saturated rings. The van der Waals surface area contributed by atoms with E-state index >= 15 is 0 Å². The Hall–Kier alpha value is -3.66. The standard InChI is InChI=1S/C21H15ClF3N5O2/c1-12-8-18(30(28-12)17-9-13(21(23,24)25)6-7-14(17)22)27-19(31)11-29-16-5-3-2-4-15(16)26-10-20(29)32/h2-10H,11H2,1H3,(H,27,31). The molecule has 7 nitrogen and oxygen atoms in total. The summed E-state index contributed by atoms with van der Waals surface area (Å²) < 4.78 is 41.9. The van der Waals surface area contributed by atoms with E-state index in [1.807, 2.05) is 0 Å². The lowest BCUT2D eigenvalue weighted by atomic mass is 10.2. The lowest BCUT2D eigenvalue weighted by Gasteiger charge is -2.14. The van der Waals surface area contributed by atoms with Gasteiger partial charge in [0.15, 0.2) is 0 Å². The van der Waals surface area contributed by atoms with Gasteiger partial charge in [0, 0.05) is 6.07 Å². The summed E-state index contributed by atoms with van der Waals surface area (Å²) in [6, 6.07) is 11.2. The highest BCUT2D eigenvalue weighted by molar-refractivity contribution is 6.32. The minimum Gasteiger partial charge on any atom is -0.309 e. The average molecular weight is 462 g/mol. The first-order valence-electron chi connectivity index (χ1n) is 9.32. The van der Waals surface area contributed by atoms with Crippen molar-refractivity contribution in [2.24, 2.45) is 0 Å². The lowest BCUT2D eigenvalue weighted by Crippen LogP contribution is -2.28. The Morgan fingerprint density at radius 2 is 1.91 bits per heavy atom. The van der Waals surface area contributed by atoms with E-state index in [1.54, 1.807) is 31.2 Å². The topological polar surface area (TPSA) is 81.8 Å². The number of benzene rings is 2. The number of rotatable bonds is 4. The predicted molar refractivity (Wildman–Crippen MR) is 113 cm³/mol. The van der Waals surface area contributed by atoms with Gasteiger partial charge in [-0.1, -0.05) is 23.7 Å². The van der Waals surface area contributed by atoms with Gasteiger partial charge in [-0.15, -0.1) is 0 Å². The number of nitrogens with zero attached hydrogens (tertiary/aromatic N) is 4. The Balaban J connectivity index is 1.68. The maximum absolute atomic E-state index is 13.2. The number of alkyl halides is 3. The maximum Gasteiger partial charge on any atom is 0.416 e. The van der Waals surface area contributed by atoms with Gasteiger partial charge in [-0.25, -0.2) is 9.67 Å². The van der Waals surface area contributed by atoms with Crippen LogP contribution in [0.25, 0.3) is 16.7 Å². The number of carbonyl (C=O) groups excluding carboxylic acids is 1. The summed E-state index contributed by atoms with van der Waals surface area (Å²) in [6.07, 6.45) is -3.46. The highest BCUT2D eigenvalue weighted by atomic mass is 35.5. The molecule has 0 aliphatic rings. The molecule has 0 saturated heterocycles. The fourth-order valence-electron chi connectivity index (χ4n) is 3.23. The van der Waals surface area contributed by atoms with Crippen LogP contribution in [-0.2, 0) is 17.5 Å². The number of hydrogen-bond acceptors (Lipinski definition) is 4. The van der Waals surface area contributed by atoms with Crippen LogP contribution in [0.3, 0.4) is 0 Å². The molecule has 2 aromatic heterocycles. The Kier molecular flexibility index (Phi) is 5.47. The van der Waals surface area contributed by atoms with E-state index in [-0.39, 0.29) is 23.1 Å². The Labute approximate surface area is 184 Å². The molecule has 1 N–H and O–H groups in total. The number of carbonyl (C=O) groups is 1. The minimum absolute atomic E-state index is 0.0212. The molecule has 164 valence electrons. The first-order chi connectivity index (χ1) is 15.1. The summed E-state index contributed by atoms with van der Waals surface area (Å²) in [5.41, 5.74) is 0.0376. The molecule has 0 spiro atoms. The SMILES string of the molecule is Cc1cc(NC(=O)Cn2c(=O)cnc3ccccc32)n(-c2cc(C(F)(F)F)ccc2Cl)n1. The lowest BCUT2D eigenvalue weighted by molar-refractivity contribution is -0.137. The van der Waals surface area contributed by atoms with Crippen LogP contribution in [0.4, 0.5) is 19.0 Å².